The molecule has 0 bridgehead atoms. The van der Waals surface area contributed by atoms with Gasteiger partial charge >= 0.3 is 5.97 Å². The van der Waals surface area contributed by atoms with Crippen molar-refractivity contribution in [1.82, 2.24) is 0 Å². The molecule has 8 heteroatoms. The summed E-state index contributed by atoms with van der Waals surface area (Å²) >= 11 is 1.16. The Balaban J connectivity index is 2.09. The number of benzene rings is 1. The standard InChI is InChI=1S/C16H15F2NO4S/c1-3-10-8(2)24-15(14(10)16(21)22)19-13(20)7-23-12-5-4-9(17)6-11(12)18/h4-6H,3,7H2,1-2H3,(H,19,20)(H,21,22). The molecule has 24 heavy (non-hydrogen) atoms. The zero-order chi connectivity index (χ0) is 17.9. The summed E-state index contributed by atoms with van der Waals surface area (Å²) in [6.45, 7) is 3.07. The predicted molar refractivity (Wildman–Crippen MR) is 85.9 cm³/mol. The van der Waals surface area contributed by atoms with Crippen molar-refractivity contribution in [1.29, 1.82) is 0 Å². The number of nitrogens with one attached hydrogen (secondary N) is 1. The summed E-state index contributed by atoms with van der Waals surface area (Å²) in [5.74, 6) is -3.70. The summed E-state index contributed by atoms with van der Waals surface area (Å²) in [5.41, 5.74) is 0.717. The van der Waals surface area contributed by atoms with E-state index in [9.17, 15) is 23.5 Å². The topological polar surface area (TPSA) is 75.6 Å². The lowest BCUT2D eigenvalue weighted by atomic mass is 10.1. The van der Waals surface area contributed by atoms with Crippen LogP contribution in [0.1, 0.15) is 27.7 Å². The number of carboxylic acid groups (broad SMARTS) is 1. The third-order valence-corrected chi connectivity index (χ3v) is 4.34. The number of hydrogen-bond acceptors (Lipinski definition) is 4. The van der Waals surface area contributed by atoms with E-state index in [2.05, 4.69) is 5.32 Å². The van der Waals surface area contributed by atoms with Crippen molar-refractivity contribution >= 4 is 28.2 Å². The Morgan fingerprint density at radius 2 is 2.04 bits per heavy atom. The largest absolute Gasteiger partial charge is 0.481 e. The predicted octanol–water partition coefficient (Wildman–Crippen LogP) is 3.61. The lowest BCUT2D eigenvalue weighted by molar-refractivity contribution is -0.118. The highest BCUT2D eigenvalue weighted by molar-refractivity contribution is 7.16. The van der Waals surface area contributed by atoms with Gasteiger partial charge in [0.2, 0.25) is 0 Å². The van der Waals surface area contributed by atoms with E-state index >= 15 is 0 Å². The number of carboxylic acids is 1. The first-order chi connectivity index (χ1) is 11.3. The molecule has 2 rings (SSSR count). The molecular weight excluding hydrogens is 340 g/mol. The van der Waals surface area contributed by atoms with Crippen LogP contribution in [-0.4, -0.2) is 23.6 Å². The van der Waals surface area contributed by atoms with Crippen molar-refractivity contribution in [2.24, 2.45) is 0 Å². The number of ether oxygens (including phenoxy) is 1. The Bertz CT molecular complexity index is 789. The van der Waals surface area contributed by atoms with E-state index in [4.69, 9.17) is 4.74 Å². The molecule has 0 spiro atoms. The van der Waals surface area contributed by atoms with E-state index in [1.54, 1.807) is 6.92 Å². The first-order valence-corrected chi connectivity index (χ1v) is 7.88. The van der Waals surface area contributed by atoms with Crippen LogP contribution in [0.15, 0.2) is 18.2 Å². The van der Waals surface area contributed by atoms with Crippen molar-refractivity contribution in [2.45, 2.75) is 20.3 Å². The average molecular weight is 355 g/mol. The lowest BCUT2D eigenvalue weighted by Gasteiger charge is -2.08. The highest BCUT2D eigenvalue weighted by Crippen LogP contribution is 2.33. The van der Waals surface area contributed by atoms with Gasteiger partial charge in [-0.25, -0.2) is 13.6 Å². The quantitative estimate of drug-likeness (QED) is 0.830. The highest BCUT2D eigenvalue weighted by Gasteiger charge is 2.22. The molecule has 0 aliphatic carbocycles. The van der Waals surface area contributed by atoms with E-state index in [0.717, 1.165) is 28.3 Å². The van der Waals surface area contributed by atoms with Crippen LogP contribution in [0, 0.1) is 18.6 Å². The molecule has 0 aliphatic heterocycles. The van der Waals surface area contributed by atoms with E-state index in [0.29, 0.717) is 18.1 Å². The van der Waals surface area contributed by atoms with Gasteiger partial charge in [0.05, 0.1) is 5.56 Å². The Morgan fingerprint density at radius 1 is 1.33 bits per heavy atom. The van der Waals surface area contributed by atoms with Gasteiger partial charge in [-0.05, 0) is 31.0 Å². The molecule has 1 heterocycles. The van der Waals surface area contributed by atoms with Crippen molar-refractivity contribution in [2.75, 3.05) is 11.9 Å². The fourth-order valence-electron chi connectivity index (χ4n) is 2.22. The minimum Gasteiger partial charge on any atom is -0.481 e. The molecule has 0 saturated heterocycles. The molecule has 1 aromatic heterocycles. The number of anilines is 1. The maximum Gasteiger partial charge on any atom is 0.339 e. The van der Waals surface area contributed by atoms with Gasteiger partial charge in [-0.1, -0.05) is 6.92 Å². The second-order valence-electron chi connectivity index (χ2n) is 4.91. The first kappa shape index (κ1) is 17.9. The lowest BCUT2D eigenvalue weighted by Crippen LogP contribution is -2.21. The van der Waals surface area contributed by atoms with Crippen LogP contribution in [0.25, 0.3) is 0 Å². The van der Waals surface area contributed by atoms with Gasteiger partial charge in [0.1, 0.15) is 10.8 Å². The molecule has 0 aliphatic rings. The van der Waals surface area contributed by atoms with E-state index in [1.165, 1.54) is 0 Å². The van der Waals surface area contributed by atoms with Crippen LogP contribution in [-0.2, 0) is 11.2 Å². The number of thiophene rings is 1. The number of carbonyl (C=O) groups is 2. The molecular formula is C16H15F2NO4S. The van der Waals surface area contributed by atoms with Crippen LogP contribution < -0.4 is 10.1 Å². The molecule has 0 radical (unpaired) electrons. The molecule has 0 fully saturated rings. The van der Waals surface area contributed by atoms with E-state index in [-0.39, 0.29) is 16.3 Å². The van der Waals surface area contributed by atoms with Crippen LogP contribution in [0.4, 0.5) is 13.8 Å². The van der Waals surface area contributed by atoms with Gasteiger partial charge in [-0.3, -0.25) is 4.79 Å². The Labute approximate surface area is 140 Å². The second-order valence-corrected chi connectivity index (χ2v) is 6.14. The number of halogens is 2. The summed E-state index contributed by atoms with van der Waals surface area (Å²) in [5, 5.41) is 12.0. The summed E-state index contributed by atoms with van der Waals surface area (Å²) < 4.78 is 31.2. The molecule has 2 N–H and O–H groups in total. The summed E-state index contributed by atoms with van der Waals surface area (Å²) in [6.07, 6.45) is 0.525. The third-order valence-electron chi connectivity index (χ3n) is 3.28. The van der Waals surface area contributed by atoms with Gasteiger partial charge < -0.3 is 15.2 Å². The Kier molecular flexibility index (Phi) is 5.50. The SMILES string of the molecule is CCc1c(C)sc(NC(=O)COc2ccc(F)cc2F)c1C(=O)O. The summed E-state index contributed by atoms with van der Waals surface area (Å²) in [6, 6.07) is 2.73. The Morgan fingerprint density at radius 3 is 2.62 bits per heavy atom. The third kappa shape index (κ3) is 3.88. The molecule has 128 valence electrons. The van der Waals surface area contributed by atoms with Crippen molar-refractivity contribution < 1.29 is 28.2 Å². The first-order valence-electron chi connectivity index (χ1n) is 7.06. The molecule has 5 nitrogen and oxygen atoms in total. The monoisotopic (exact) mass is 355 g/mol. The summed E-state index contributed by atoms with van der Waals surface area (Å²) in [4.78, 5) is 24.1. The van der Waals surface area contributed by atoms with Gasteiger partial charge in [0, 0.05) is 10.9 Å². The van der Waals surface area contributed by atoms with Crippen molar-refractivity contribution in [3.8, 4) is 5.75 Å². The fraction of sp³-hybridized carbons (Fsp3) is 0.250. The van der Waals surface area contributed by atoms with Crippen molar-refractivity contribution in [3.05, 3.63) is 45.8 Å². The number of carbonyl (C=O) groups excluding carboxylic acids is 1. The average Bonchev–Trinajstić information content (AvgIpc) is 2.81. The molecule has 1 aromatic carbocycles. The van der Waals surface area contributed by atoms with Crippen LogP contribution in [0.2, 0.25) is 0 Å². The zero-order valence-electron chi connectivity index (χ0n) is 13.0. The van der Waals surface area contributed by atoms with Crippen LogP contribution in [0.3, 0.4) is 0 Å². The zero-order valence-corrected chi connectivity index (χ0v) is 13.8. The maximum atomic E-state index is 13.4. The van der Waals surface area contributed by atoms with Gasteiger partial charge in [-0.15, -0.1) is 11.3 Å². The Hall–Kier alpha value is -2.48. The summed E-state index contributed by atoms with van der Waals surface area (Å²) in [7, 11) is 0. The number of aryl methyl sites for hydroxylation is 1. The normalized spacial score (nSPS) is 10.5. The molecule has 0 atom stereocenters. The van der Waals surface area contributed by atoms with Gasteiger partial charge in [-0.2, -0.15) is 0 Å². The molecule has 0 saturated carbocycles. The van der Waals surface area contributed by atoms with Crippen LogP contribution in [0.5, 0.6) is 5.75 Å². The number of aromatic carboxylic acids is 1. The fourth-order valence-corrected chi connectivity index (χ4v) is 3.37. The molecule has 2 aromatic rings. The van der Waals surface area contributed by atoms with Crippen LogP contribution >= 0.6 is 11.3 Å². The number of amides is 1. The number of hydrogen-bond donors (Lipinski definition) is 2. The smallest absolute Gasteiger partial charge is 0.339 e. The van der Waals surface area contributed by atoms with E-state index in [1.807, 2.05) is 6.92 Å². The minimum atomic E-state index is -1.13. The van der Waals surface area contributed by atoms with Gasteiger partial charge in [0.25, 0.3) is 5.91 Å². The van der Waals surface area contributed by atoms with Crippen molar-refractivity contribution in [3.63, 3.8) is 0 Å². The minimum absolute atomic E-state index is 0.0568. The number of rotatable bonds is 6. The van der Waals surface area contributed by atoms with Gasteiger partial charge in [0.15, 0.2) is 18.2 Å². The van der Waals surface area contributed by atoms with E-state index < -0.39 is 30.1 Å². The highest BCUT2D eigenvalue weighted by atomic mass is 32.1. The molecule has 1 amide bonds. The molecule has 0 unspecified atom stereocenters. The second kappa shape index (κ2) is 7.39. The maximum absolute atomic E-state index is 13.4.